The summed E-state index contributed by atoms with van der Waals surface area (Å²) in [5.74, 6) is 2.35. The van der Waals surface area contributed by atoms with Crippen LogP contribution < -0.4 is 5.32 Å². The fraction of sp³-hybridized carbons (Fsp3) is 1.00. The molecule has 16 heavy (non-hydrogen) atoms. The maximum absolute atomic E-state index is 9.36. The first-order valence-corrected chi connectivity index (χ1v) is 7.26. The van der Waals surface area contributed by atoms with Crippen molar-refractivity contribution >= 4 is 11.8 Å². The molecule has 0 aliphatic rings. The van der Waals surface area contributed by atoms with E-state index >= 15 is 0 Å². The van der Waals surface area contributed by atoms with E-state index < -0.39 is 0 Å². The van der Waals surface area contributed by atoms with Crippen molar-refractivity contribution in [2.75, 3.05) is 38.9 Å². The van der Waals surface area contributed by atoms with Gasteiger partial charge in [-0.15, -0.1) is 0 Å². The molecule has 0 bridgehead atoms. The van der Waals surface area contributed by atoms with Crippen LogP contribution in [0.3, 0.4) is 0 Å². The van der Waals surface area contributed by atoms with Gasteiger partial charge in [0.25, 0.3) is 0 Å². The Hall–Kier alpha value is 0.230. The van der Waals surface area contributed by atoms with Crippen LogP contribution in [0.25, 0.3) is 0 Å². The van der Waals surface area contributed by atoms with Crippen molar-refractivity contribution in [3.8, 4) is 0 Å². The van der Waals surface area contributed by atoms with E-state index in [1.807, 2.05) is 18.8 Å². The van der Waals surface area contributed by atoms with Crippen molar-refractivity contribution in [2.45, 2.75) is 38.1 Å². The summed E-state index contributed by atoms with van der Waals surface area (Å²) in [6, 6.07) is 0. The average Bonchev–Trinajstić information content (AvgIpc) is 2.34. The number of methoxy groups -OCH3 is 1. The van der Waals surface area contributed by atoms with Crippen LogP contribution in [0.2, 0.25) is 0 Å². The molecule has 0 heterocycles. The zero-order valence-corrected chi connectivity index (χ0v) is 11.7. The maximum atomic E-state index is 9.36. The largest absolute Gasteiger partial charge is 0.394 e. The monoisotopic (exact) mass is 249 g/mol. The van der Waals surface area contributed by atoms with Crippen LogP contribution in [0.1, 0.15) is 32.6 Å². The summed E-state index contributed by atoms with van der Waals surface area (Å²) in [6.07, 6.45) is 4.32. The zero-order valence-electron chi connectivity index (χ0n) is 10.9. The minimum atomic E-state index is -0.0624. The normalized spacial score (nSPS) is 15.0. The number of aliphatic hydroxyl groups is 1. The fourth-order valence-corrected chi connectivity index (χ4v) is 2.54. The summed E-state index contributed by atoms with van der Waals surface area (Å²) in [7, 11) is 3.68. The molecule has 3 nitrogen and oxygen atoms in total. The molecule has 0 aromatic rings. The Balaban J connectivity index is 3.48. The van der Waals surface area contributed by atoms with Gasteiger partial charge in [0.05, 0.1) is 6.61 Å². The second kappa shape index (κ2) is 10.4. The van der Waals surface area contributed by atoms with Crippen LogP contribution in [0.15, 0.2) is 0 Å². The van der Waals surface area contributed by atoms with Gasteiger partial charge in [-0.25, -0.2) is 0 Å². The lowest BCUT2D eigenvalue weighted by molar-refractivity contribution is 0.154. The highest BCUT2D eigenvalue weighted by atomic mass is 32.2. The molecule has 4 heteroatoms. The second-order valence-electron chi connectivity index (χ2n) is 4.10. The van der Waals surface area contributed by atoms with Gasteiger partial charge in [-0.2, -0.15) is 11.8 Å². The zero-order chi connectivity index (χ0) is 12.3. The van der Waals surface area contributed by atoms with Gasteiger partial charge in [0.1, 0.15) is 0 Å². The number of hydrogen-bond donors (Lipinski definition) is 2. The molecule has 0 aromatic carbocycles. The van der Waals surface area contributed by atoms with Gasteiger partial charge in [0.15, 0.2) is 0 Å². The number of likely N-dealkylation sites (N-methyl/N-ethyl adjacent to an activating group) is 1. The van der Waals surface area contributed by atoms with E-state index in [1.54, 1.807) is 7.11 Å². The third-order valence-electron chi connectivity index (χ3n) is 3.09. The maximum Gasteiger partial charge on any atom is 0.0613 e. The molecule has 0 aliphatic heterocycles. The molecule has 1 atom stereocenters. The molecule has 0 saturated heterocycles. The Morgan fingerprint density at radius 2 is 2.00 bits per heavy atom. The summed E-state index contributed by atoms with van der Waals surface area (Å²) < 4.78 is 5.00. The first kappa shape index (κ1) is 16.2. The van der Waals surface area contributed by atoms with Gasteiger partial charge >= 0.3 is 0 Å². The molecule has 0 fully saturated rings. The van der Waals surface area contributed by atoms with Crippen LogP contribution in [0.4, 0.5) is 0 Å². The molecule has 0 spiro atoms. The Labute approximate surface area is 104 Å². The Kier molecular flexibility index (Phi) is 10.5. The summed E-state index contributed by atoms with van der Waals surface area (Å²) in [4.78, 5) is 0. The first-order valence-electron chi connectivity index (χ1n) is 6.11. The molecule has 0 radical (unpaired) electrons. The van der Waals surface area contributed by atoms with E-state index in [0.29, 0.717) is 0 Å². The van der Waals surface area contributed by atoms with Crippen LogP contribution in [-0.4, -0.2) is 49.5 Å². The lowest BCUT2D eigenvalue weighted by Crippen LogP contribution is -2.45. The van der Waals surface area contributed by atoms with E-state index in [1.165, 1.54) is 11.5 Å². The van der Waals surface area contributed by atoms with Crippen molar-refractivity contribution in [1.82, 2.24) is 5.32 Å². The topological polar surface area (TPSA) is 41.5 Å². The van der Waals surface area contributed by atoms with Gasteiger partial charge < -0.3 is 15.2 Å². The molecule has 0 amide bonds. The minimum Gasteiger partial charge on any atom is -0.394 e. The van der Waals surface area contributed by atoms with Crippen molar-refractivity contribution in [3.05, 3.63) is 0 Å². The SMILES string of the molecule is CCC(CO)(CCCSCCCOC)NC. The van der Waals surface area contributed by atoms with E-state index in [4.69, 9.17) is 4.74 Å². The third-order valence-corrected chi connectivity index (χ3v) is 4.25. The molecule has 0 rings (SSSR count). The van der Waals surface area contributed by atoms with Gasteiger partial charge in [-0.1, -0.05) is 6.92 Å². The van der Waals surface area contributed by atoms with Crippen molar-refractivity contribution in [2.24, 2.45) is 0 Å². The molecule has 0 aromatic heterocycles. The van der Waals surface area contributed by atoms with Gasteiger partial charge in [0, 0.05) is 19.3 Å². The molecular weight excluding hydrogens is 222 g/mol. The minimum absolute atomic E-state index is 0.0624. The van der Waals surface area contributed by atoms with Crippen LogP contribution in [-0.2, 0) is 4.74 Å². The first-order chi connectivity index (χ1) is 7.74. The number of thioether (sulfide) groups is 1. The highest BCUT2D eigenvalue weighted by molar-refractivity contribution is 7.99. The van der Waals surface area contributed by atoms with Crippen LogP contribution in [0, 0.1) is 0 Å². The number of hydrogen-bond acceptors (Lipinski definition) is 4. The quantitative estimate of drug-likeness (QED) is 0.549. The van der Waals surface area contributed by atoms with Crippen LogP contribution in [0.5, 0.6) is 0 Å². The molecule has 1 unspecified atom stereocenters. The lowest BCUT2D eigenvalue weighted by atomic mass is 9.92. The highest BCUT2D eigenvalue weighted by Gasteiger charge is 2.23. The Bertz CT molecular complexity index is 144. The molecule has 0 aliphatic carbocycles. The summed E-state index contributed by atoms with van der Waals surface area (Å²) in [5.41, 5.74) is -0.0624. The summed E-state index contributed by atoms with van der Waals surface area (Å²) in [5, 5.41) is 12.6. The highest BCUT2D eigenvalue weighted by Crippen LogP contribution is 2.18. The Morgan fingerprint density at radius 3 is 2.50 bits per heavy atom. The summed E-state index contributed by atoms with van der Waals surface area (Å²) >= 11 is 1.98. The fourth-order valence-electron chi connectivity index (χ4n) is 1.67. The second-order valence-corrected chi connectivity index (χ2v) is 5.33. The third kappa shape index (κ3) is 6.74. The Morgan fingerprint density at radius 1 is 1.31 bits per heavy atom. The number of ether oxygens (including phenoxy) is 1. The lowest BCUT2D eigenvalue weighted by Gasteiger charge is -2.30. The predicted octanol–water partition coefficient (Wildman–Crippen LogP) is 1.90. The number of nitrogens with one attached hydrogen (secondary N) is 1. The molecule has 0 saturated carbocycles. The standard InChI is InChI=1S/C12H27NO2S/c1-4-12(11-14,13-2)7-5-9-16-10-6-8-15-3/h13-14H,4-11H2,1-3H3. The van der Waals surface area contributed by atoms with Crippen molar-refractivity contribution < 1.29 is 9.84 Å². The van der Waals surface area contributed by atoms with Gasteiger partial charge in [-0.05, 0) is 44.2 Å². The van der Waals surface area contributed by atoms with Crippen molar-refractivity contribution in [1.29, 1.82) is 0 Å². The number of rotatable bonds is 11. The molecular formula is C12H27NO2S. The molecule has 98 valence electrons. The van der Waals surface area contributed by atoms with E-state index in [2.05, 4.69) is 12.2 Å². The van der Waals surface area contributed by atoms with E-state index in [0.717, 1.165) is 32.3 Å². The van der Waals surface area contributed by atoms with Gasteiger partial charge in [0.2, 0.25) is 0 Å². The van der Waals surface area contributed by atoms with Gasteiger partial charge in [-0.3, -0.25) is 0 Å². The van der Waals surface area contributed by atoms with Crippen molar-refractivity contribution in [3.63, 3.8) is 0 Å². The predicted molar refractivity (Wildman–Crippen MR) is 72.2 cm³/mol. The van der Waals surface area contributed by atoms with E-state index in [9.17, 15) is 5.11 Å². The van der Waals surface area contributed by atoms with Crippen LogP contribution >= 0.6 is 11.8 Å². The summed E-state index contributed by atoms with van der Waals surface area (Å²) in [6.45, 7) is 3.21. The van der Waals surface area contributed by atoms with E-state index in [-0.39, 0.29) is 12.1 Å². The average molecular weight is 249 g/mol. The number of aliphatic hydroxyl groups excluding tert-OH is 1. The molecule has 2 N–H and O–H groups in total. The smallest absolute Gasteiger partial charge is 0.0613 e.